The molecule has 0 atom stereocenters. The lowest BCUT2D eigenvalue weighted by Gasteiger charge is -2.20. The van der Waals surface area contributed by atoms with E-state index in [0.717, 1.165) is 24.9 Å². The van der Waals surface area contributed by atoms with Crippen LogP contribution in [0.3, 0.4) is 0 Å². The molecule has 0 spiro atoms. The molecule has 3 heterocycles. The van der Waals surface area contributed by atoms with Gasteiger partial charge in [-0.2, -0.15) is 0 Å². The maximum atomic E-state index is 12.7. The number of nitrogens with one attached hydrogen (secondary N) is 3. The van der Waals surface area contributed by atoms with Crippen LogP contribution >= 0.6 is 0 Å². The molecule has 10 heteroatoms. The van der Waals surface area contributed by atoms with Crippen LogP contribution in [-0.2, 0) is 9.59 Å². The molecule has 0 aliphatic carbocycles. The zero-order valence-electron chi connectivity index (χ0n) is 18.8. The first-order chi connectivity index (χ1) is 16.1. The van der Waals surface area contributed by atoms with Crippen molar-refractivity contribution in [2.24, 2.45) is 0 Å². The van der Waals surface area contributed by atoms with Crippen molar-refractivity contribution in [1.82, 2.24) is 15.3 Å². The van der Waals surface area contributed by atoms with E-state index in [9.17, 15) is 9.59 Å². The molecule has 0 fully saturated rings. The number of aromatic nitrogens is 2. The second kappa shape index (κ2) is 10.2. The molecule has 2 aliphatic heterocycles. The standard InChI is InChI=1S/C23H28N6O4/c1-29-10-9-24-19(30)6-4-3-5-11-33-18-12-15(7-8-17(18)32-2)25-13-16-20-21(28-23(16)31)26-14-27-22(20)29/h7-8,12-14,25H,3-6,9-11H2,1-2H3,(H,24,30)(H,26,27,28,31)/b16-13-. The third kappa shape index (κ3) is 5.16. The highest BCUT2D eigenvalue weighted by Crippen LogP contribution is 2.36. The fourth-order valence-corrected chi connectivity index (χ4v) is 3.77. The fraction of sp³-hybridized carbons (Fsp3) is 0.391. The van der Waals surface area contributed by atoms with E-state index in [1.165, 1.54) is 6.33 Å². The Labute approximate surface area is 192 Å². The minimum Gasteiger partial charge on any atom is -0.493 e. The molecule has 2 aromatic rings. The Hall–Kier alpha value is -3.82. The number of carbonyl (C=O) groups is 2. The summed E-state index contributed by atoms with van der Waals surface area (Å²) in [5.74, 6) is 2.05. The second-order valence-electron chi connectivity index (χ2n) is 7.87. The first kappa shape index (κ1) is 22.4. The van der Waals surface area contributed by atoms with Crippen LogP contribution in [0.25, 0.3) is 5.57 Å². The smallest absolute Gasteiger partial charge is 0.259 e. The van der Waals surface area contributed by atoms with Crippen molar-refractivity contribution in [3.05, 3.63) is 36.3 Å². The number of ether oxygens (including phenoxy) is 2. The van der Waals surface area contributed by atoms with Crippen LogP contribution < -0.4 is 30.3 Å². The second-order valence-corrected chi connectivity index (χ2v) is 7.87. The molecule has 10 nitrogen and oxygen atoms in total. The summed E-state index contributed by atoms with van der Waals surface area (Å²) in [7, 11) is 3.47. The molecule has 0 unspecified atom stereocenters. The predicted octanol–water partition coefficient (Wildman–Crippen LogP) is 2.40. The summed E-state index contributed by atoms with van der Waals surface area (Å²) in [4.78, 5) is 35.4. The van der Waals surface area contributed by atoms with Crippen molar-refractivity contribution in [1.29, 1.82) is 0 Å². The maximum Gasteiger partial charge on any atom is 0.259 e. The van der Waals surface area contributed by atoms with Gasteiger partial charge < -0.3 is 30.3 Å². The topological polar surface area (TPSA) is 118 Å². The average Bonchev–Trinajstić information content (AvgIpc) is 3.14. The monoisotopic (exact) mass is 452 g/mol. The summed E-state index contributed by atoms with van der Waals surface area (Å²) in [5, 5.41) is 8.92. The summed E-state index contributed by atoms with van der Waals surface area (Å²) >= 11 is 0. The molecule has 0 radical (unpaired) electrons. The number of hydrogen-bond donors (Lipinski definition) is 3. The van der Waals surface area contributed by atoms with Gasteiger partial charge in [-0.25, -0.2) is 9.97 Å². The molecule has 2 bridgehead atoms. The molecule has 1 aromatic carbocycles. The molecule has 33 heavy (non-hydrogen) atoms. The van der Waals surface area contributed by atoms with Crippen LogP contribution in [0.15, 0.2) is 30.7 Å². The van der Waals surface area contributed by atoms with Gasteiger partial charge in [-0.1, -0.05) is 0 Å². The van der Waals surface area contributed by atoms with Crippen molar-refractivity contribution >= 4 is 34.7 Å². The third-order valence-corrected chi connectivity index (χ3v) is 5.56. The van der Waals surface area contributed by atoms with Crippen LogP contribution in [0.5, 0.6) is 11.5 Å². The summed E-state index contributed by atoms with van der Waals surface area (Å²) in [6.45, 7) is 1.53. The predicted molar refractivity (Wildman–Crippen MR) is 125 cm³/mol. The Morgan fingerprint density at radius 3 is 2.88 bits per heavy atom. The number of hydrogen-bond acceptors (Lipinski definition) is 8. The van der Waals surface area contributed by atoms with Crippen molar-refractivity contribution in [3.8, 4) is 11.5 Å². The van der Waals surface area contributed by atoms with Crippen molar-refractivity contribution in [3.63, 3.8) is 0 Å². The van der Waals surface area contributed by atoms with Crippen molar-refractivity contribution < 1.29 is 19.1 Å². The average molecular weight is 453 g/mol. The number of rotatable bonds is 1. The molecular weight excluding hydrogens is 424 g/mol. The van der Waals surface area contributed by atoms with E-state index in [-0.39, 0.29) is 11.8 Å². The number of likely N-dealkylation sites (N-methyl/N-ethyl adjacent to an activating group) is 1. The third-order valence-electron chi connectivity index (χ3n) is 5.56. The lowest BCUT2D eigenvalue weighted by molar-refractivity contribution is -0.121. The molecule has 1 aromatic heterocycles. The van der Waals surface area contributed by atoms with Gasteiger partial charge in [0.15, 0.2) is 11.5 Å². The number of methoxy groups -OCH3 is 1. The van der Waals surface area contributed by atoms with Crippen LogP contribution in [-0.4, -0.2) is 55.6 Å². The minimum absolute atomic E-state index is 0.0196. The number of amides is 2. The Bertz CT molecular complexity index is 1070. The van der Waals surface area contributed by atoms with Gasteiger partial charge in [0.05, 0.1) is 24.9 Å². The summed E-state index contributed by atoms with van der Waals surface area (Å²) < 4.78 is 11.3. The van der Waals surface area contributed by atoms with E-state index in [1.54, 1.807) is 13.3 Å². The number of fused-ring (bicyclic) bond motifs is 2. The first-order valence-corrected chi connectivity index (χ1v) is 11.0. The van der Waals surface area contributed by atoms with Crippen LogP contribution in [0.4, 0.5) is 17.3 Å². The highest BCUT2D eigenvalue weighted by atomic mass is 16.5. The van der Waals surface area contributed by atoms with Crippen molar-refractivity contribution in [2.75, 3.05) is 49.4 Å². The molecule has 3 N–H and O–H groups in total. The Morgan fingerprint density at radius 1 is 1.15 bits per heavy atom. The van der Waals surface area contributed by atoms with Gasteiger partial charge >= 0.3 is 0 Å². The largest absolute Gasteiger partial charge is 0.493 e. The Balaban J connectivity index is 1.66. The van der Waals surface area contributed by atoms with E-state index in [0.29, 0.717) is 60.4 Å². The number of benzene rings is 1. The van der Waals surface area contributed by atoms with E-state index < -0.39 is 0 Å². The van der Waals surface area contributed by atoms with E-state index in [1.807, 2.05) is 30.1 Å². The molecule has 174 valence electrons. The number of anilines is 3. The Morgan fingerprint density at radius 2 is 2.03 bits per heavy atom. The van der Waals surface area contributed by atoms with Gasteiger partial charge in [-0.3, -0.25) is 9.59 Å². The summed E-state index contributed by atoms with van der Waals surface area (Å²) in [5.41, 5.74) is 1.79. The van der Waals surface area contributed by atoms with Gasteiger partial charge in [0.25, 0.3) is 5.91 Å². The number of nitrogens with zero attached hydrogens (tertiary/aromatic N) is 3. The Kier molecular flexibility index (Phi) is 6.92. The summed E-state index contributed by atoms with van der Waals surface area (Å²) in [6, 6.07) is 5.50. The van der Waals surface area contributed by atoms with E-state index in [2.05, 4.69) is 25.9 Å². The molecule has 2 amide bonds. The van der Waals surface area contributed by atoms with E-state index >= 15 is 0 Å². The molecule has 4 rings (SSSR count). The van der Waals surface area contributed by atoms with Gasteiger partial charge in [0.1, 0.15) is 18.0 Å². The van der Waals surface area contributed by atoms with Crippen LogP contribution in [0.2, 0.25) is 0 Å². The van der Waals surface area contributed by atoms with Crippen LogP contribution in [0.1, 0.15) is 31.2 Å². The zero-order chi connectivity index (χ0) is 23.2. The SMILES string of the molecule is COc1ccc2cc1OCCCCCC(=O)NCCN(C)c1ncnc3c1/C(=C/N2)C(=O)N3. The fourth-order valence-electron chi connectivity index (χ4n) is 3.77. The first-order valence-electron chi connectivity index (χ1n) is 11.0. The highest BCUT2D eigenvalue weighted by Gasteiger charge is 2.30. The van der Waals surface area contributed by atoms with Crippen molar-refractivity contribution in [2.45, 2.75) is 25.7 Å². The number of carbonyl (C=O) groups excluding carboxylic acids is 2. The van der Waals surface area contributed by atoms with Crippen LogP contribution in [0, 0.1) is 0 Å². The highest BCUT2D eigenvalue weighted by molar-refractivity contribution is 6.32. The normalized spacial score (nSPS) is 18.7. The quantitative estimate of drug-likeness (QED) is 0.604. The van der Waals surface area contributed by atoms with Gasteiger partial charge in [0, 0.05) is 44.5 Å². The lowest BCUT2D eigenvalue weighted by Crippen LogP contribution is -2.33. The van der Waals surface area contributed by atoms with E-state index in [4.69, 9.17) is 9.47 Å². The lowest BCUT2D eigenvalue weighted by atomic mass is 10.1. The van der Waals surface area contributed by atoms with Gasteiger partial charge in [0.2, 0.25) is 5.91 Å². The maximum absolute atomic E-state index is 12.7. The summed E-state index contributed by atoms with van der Waals surface area (Å²) in [6.07, 6.45) is 6.05. The molecule has 0 saturated heterocycles. The molecule has 2 aliphatic rings. The minimum atomic E-state index is -0.267. The molecule has 0 saturated carbocycles. The molecular formula is C23H28N6O4. The van der Waals surface area contributed by atoms with Gasteiger partial charge in [-0.05, 0) is 31.4 Å². The zero-order valence-corrected chi connectivity index (χ0v) is 18.8. The van der Waals surface area contributed by atoms with Gasteiger partial charge in [-0.15, -0.1) is 0 Å².